The Morgan fingerprint density at radius 2 is 1.75 bits per heavy atom. The molecule has 3 fully saturated rings. The van der Waals surface area contributed by atoms with Crippen LogP contribution < -0.4 is 5.32 Å². The Kier molecular flexibility index (Phi) is 6.29. The quantitative estimate of drug-likeness (QED) is 0.744. The van der Waals surface area contributed by atoms with E-state index in [-0.39, 0.29) is 24.7 Å². The Labute approximate surface area is 170 Å². The maximum absolute atomic E-state index is 6.47. The highest BCUT2D eigenvalue weighted by molar-refractivity contribution is 5.43. The highest BCUT2D eigenvalue weighted by Gasteiger charge is 2.52. The van der Waals surface area contributed by atoms with Gasteiger partial charge in [0.05, 0.1) is 12.7 Å². The third kappa shape index (κ3) is 4.24. The molecule has 0 spiro atoms. The number of ether oxygens (including phenoxy) is 3. The van der Waals surface area contributed by atoms with Gasteiger partial charge in [-0.15, -0.1) is 0 Å². The predicted octanol–water partition coefficient (Wildman–Crippen LogP) is 5.30. The molecule has 2 aliphatic heterocycles. The van der Waals surface area contributed by atoms with Crippen molar-refractivity contribution in [3.8, 4) is 0 Å². The monoisotopic (exact) mass is 387 g/mol. The molecular weight excluding hydrogens is 350 g/mol. The van der Waals surface area contributed by atoms with Gasteiger partial charge in [-0.25, -0.2) is 0 Å². The van der Waals surface area contributed by atoms with Crippen LogP contribution in [0.5, 0.6) is 0 Å². The predicted molar refractivity (Wildman–Crippen MR) is 112 cm³/mol. The molecule has 4 rings (SSSR count). The second kappa shape index (κ2) is 8.73. The first-order valence-electron chi connectivity index (χ1n) is 11.3. The largest absolute Gasteiger partial charge is 0.380 e. The number of hydrogen-bond donors (Lipinski definition) is 1. The van der Waals surface area contributed by atoms with Gasteiger partial charge in [-0.1, -0.05) is 38.5 Å². The lowest BCUT2D eigenvalue weighted by Crippen LogP contribution is -2.54. The molecule has 2 saturated heterocycles. The number of para-hydroxylation sites is 1. The standard InChI is InChI=1S/C24H37NO3/c1-15-10-12-21-18(4)23(26-14-16(2)25-19-8-6-5-7-9-19)28-24-22(21)20(15)13-11-17(3)27-24/h5-9,15-18,20-25H,10-14H2,1-4H3/t15-,16?,17?,18-,20+,21+,22?,23+,24?/m1/s1. The maximum atomic E-state index is 6.47. The van der Waals surface area contributed by atoms with Gasteiger partial charge >= 0.3 is 0 Å². The summed E-state index contributed by atoms with van der Waals surface area (Å²) in [5.74, 6) is 3.10. The minimum absolute atomic E-state index is 0.103. The van der Waals surface area contributed by atoms with Crippen LogP contribution in [0.25, 0.3) is 0 Å². The normalized spacial score (nSPS) is 41.6. The van der Waals surface area contributed by atoms with E-state index < -0.39 is 0 Å². The van der Waals surface area contributed by atoms with Crippen molar-refractivity contribution in [1.29, 1.82) is 0 Å². The lowest BCUT2D eigenvalue weighted by Gasteiger charge is -2.52. The molecule has 1 aromatic carbocycles. The lowest BCUT2D eigenvalue weighted by atomic mass is 9.61. The molecule has 9 atom stereocenters. The zero-order chi connectivity index (χ0) is 19.7. The molecule has 1 saturated carbocycles. The molecular formula is C24H37NO3. The Balaban J connectivity index is 1.40. The average molecular weight is 388 g/mol. The summed E-state index contributed by atoms with van der Waals surface area (Å²) in [6.45, 7) is 9.73. The van der Waals surface area contributed by atoms with Gasteiger partial charge in [0.2, 0.25) is 0 Å². The summed E-state index contributed by atoms with van der Waals surface area (Å²) in [5.41, 5.74) is 1.13. The van der Waals surface area contributed by atoms with Crippen molar-refractivity contribution in [2.45, 2.75) is 78.1 Å². The first-order valence-corrected chi connectivity index (χ1v) is 11.3. The molecule has 4 unspecified atom stereocenters. The van der Waals surface area contributed by atoms with Gasteiger partial charge in [-0.05, 0) is 63.0 Å². The van der Waals surface area contributed by atoms with E-state index in [0.717, 1.165) is 23.9 Å². The van der Waals surface area contributed by atoms with Crippen LogP contribution in [-0.2, 0) is 14.2 Å². The van der Waals surface area contributed by atoms with E-state index in [9.17, 15) is 0 Å². The first-order chi connectivity index (χ1) is 13.5. The van der Waals surface area contributed by atoms with Gasteiger partial charge in [-0.2, -0.15) is 0 Å². The number of rotatable bonds is 5. The van der Waals surface area contributed by atoms with Crippen LogP contribution in [0, 0.1) is 29.6 Å². The molecule has 28 heavy (non-hydrogen) atoms. The van der Waals surface area contributed by atoms with Crippen molar-refractivity contribution in [2.75, 3.05) is 11.9 Å². The smallest absolute Gasteiger partial charge is 0.164 e. The maximum Gasteiger partial charge on any atom is 0.164 e. The highest BCUT2D eigenvalue weighted by atomic mass is 16.8. The SMILES string of the molecule is CC(CO[C@H]1OC2OC(C)CC[C@@H]3C2[C@@H](CC[C@H]3C)[C@H]1C)Nc1ccccc1. The molecule has 156 valence electrons. The van der Waals surface area contributed by atoms with Gasteiger partial charge in [-0.3, -0.25) is 0 Å². The van der Waals surface area contributed by atoms with Gasteiger partial charge in [0.15, 0.2) is 12.6 Å². The Bertz CT molecular complexity index is 624. The molecule has 0 aromatic heterocycles. The van der Waals surface area contributed by atoms with Crippen molar-refractivity contribution >= 4 is 5.69 Å². The summed E-state index contributed by atoms with van der Waals surface area (Å²) in [6.07, 6.45) is 5.03. The molecule has 1 aliphatic carbocycles. The van der Waals surface area contributed by atoms with Crippen molar-refractivity contribution in [1.82, 2.24) is 0 Å². The van der Waals surface area contributed by atoms with Gasteiger partial charge in [0, 0.05) is 23.6 Å². The second-order valence-corrected chi connectivity index (χ2v) is 9.46. The molecule has 0 amide bonds. The van der Waals surface area contributed by atoms with Gasteiger partial charge in [0.25, 0.3) is 0 Å². The Morgan fingerprint density at radius 3 is 2.54 bits per heavy atom. The minimum Gasteiger partial charge on any atom is -0.380 e. The van der Waals surface area contributed by atoms with Crippen molar-refractivity contribution in [3.05, 3.63) is 30.3 Å². The van der Waals surface area contributed by atoms with E-state index in [4.69, 9.17) is 14.2 Å². The first kappa shape index (κ1) is 20.2. The fourth-order valence-electron chi connectivity index (χ4n) is 5.74. The third-order valence-corrected chi connectivity index (χ3v) is 7.33. The van der Waals surface area contributed by atoms with Gasteiger partial charge in [0.1, 0.15) is 0 Å². The third-order valence-electron chi connectivity index (χ3n) is 7.33. The van der Waals surface area contributed by atoms with E-state index >= 15 is 0 Å². The number of hydrogen-bond acceptors (Lipinski definition) is 4. The Morgan fingerprint density at radius 1 is 1.00 bits per heavy atom. The van der Waals surface area contributed by atoms with Crippen molar-refractivity contribution < 1.29 is 14.2 Å². The van der Waals surface area contributed by atoms with Crippen LogP contribution in [0.2, 0.25) is 0 Å². The molecule has 3 aliphatic rings. The summed E-state index contributed by atoms with van der Waals surface area (Å²) in [6, 6.07) is 10.5. The fraction of sp³-hybridized carbons (Fsp3) is 0.750. The zero-order valence-electron chi connectivity index (χ0n) is 17.8. The summed E-state index contributed by atoms with van der Waals surface area (Å²) >= 11 is 0. The van der Waals surface area contributed by atoms with Crippen LogP contribution >= 0.6 is 0 Å². The number of benzene rings is 1. The van der Waals surface area contributed by atoms with Crippen LogP contribution in [-0.4, -0.2) is 31.3 Å². The Hall–Kier alpha value is -1.10. The molecule has 2 heterocycles. The van der Waals surface area contributed by atoms with E-state index in [2.05, 4.69) is 45.1 Å². The second-order valence-electron chi connectivity index (χ2n) is 9.46. The summed E-state index contributed by atoms with van der Waals surface area (Å²) in [4.78, 5) is 0. The van der Waals surface area contributed by atoms with Gasteiger partial charge < -0.3 is 19.5 Å². The zero-order valence-corrected chi connectivity index (χ0v) is 17.8. The molecule has 1 N–H and O–H groups in total. The van der Waals surface area contributed by atoms with E-state index in [1.165, 1.54) is 19.3 Å². The van der Waals surface area contributed by atoms with E-state index in [1.807, 2.05) is 18.2 Å². The van der Waals surface area contributed by atoms with E-state index in [0.29, 0.717) is 24.4 Å². The molecule has 0 radical (unpaired) electrons. The van der Waals surface area contributed by atoms with Crippen LogP contribution in [0.4, 0.5) is 5.69 Å². The average Bonchev–Trinajstić information content (AvgIpc) is 2.85. The van der Waals surface area contributed by atoms with E-state index in [1.54, 1.807) is 0 Å². The van der Waals surface area contributed by atoms with Crippen LogP contribution in [0.15, 0.2) is 30.3 Å². The van der Waals surface area contributed by atoms with Crippen molar-refractivity contribution in [3.63, 3.8) is 0 Å². The lowest BCUT2D eigenvalue weighted by molar-refractivity contribution is -0.334. The summed E-state index contributed by atoms with van der Waals surface area (Å²) in [5, 5.41) is 3.51. The van der Waals surface area contributed by atoms with Crippen LogP contribution in [0.3, 0.4) is 0 Å². The fourth-order valence-corrected chi connectivity index (χ4v) is 5.74. The molecule has 4 nitrogen and oxygen atoms in total. The minimum atomic E-state index is -0.175. The number of anilines is 1. The summed E-state index contributed by atoms with van der Waals surface area (Å²) < 4.78 is 19.1. The highest BCUT2D eigenvalue weighted by Crippen LogP contribution is 2.52. The molecule has 1 aromatic rings. The number of nitrogens with one attached hydrogen (secondary N) is 1. The summed E-state index contributed by atoms with van der Waals surface area (Å²) in [7, 11) is 0. The molecule has 0 bridgehead atoms. The van der Waals surface area contributed by atoms with Crippen molar-refractivity contribution in [2.24, 2.45) is 29.6 Å². The van der Waals surface area contributed by atoms with Crippen LogP contribution in [0.1, 0.15) is 53.4 Å². The molecule has 4 heteroatoms. The topological polar surface area (TPSA) is 39.7 Å².